The fourth-order valence-corrected chi connectivity index (χ4v) is 3.13. The SMILES string of the molecule is CC1CCC(C)N(CC(C)C(O)c2ccccc2F)C1. The van der Waals surface area contributed by atoms with E-state index in [9.17, 15) is 9.50 Å². The molecule has 3 heteroatoms. The lowest BCUT2D eigenvalue weighted by molar-refractivity contribution is 0.0506. The average Bonchev–Trinajstić information content (AvgIpc) is 2.42. The first-order valence-corrected chi connectivity index (χ1v) is 7.65. The second kappa shape index (κ2) is 6.68. The lowest BCUT2D eigenvalue weighted by atomic mass is 9.91. The van der Waals surface area contributed by atoms with Crippen molar-refractivity contribution < 1.29 is 9.50 Å². The number of benzene rings is 1. The normalized spacial score (nSPS) is 27.2. The van der Waals surface area contributed by atoms with Crippen molar-refractivity contribution >= 4 is 0 Å². The summed E-state index contributed by atoms with van der Waals surface area (Å²) < 4.78 is 13.7. The van der Waals surface area contributed by atoms with Gasteiger partial charge in [0.1, 0.15) is 5.82 Å². The maximum Gasteiger partial charge on any atom is 0.129 e. The summed E-state index contributed by atoms with van der Waals surface area (Å²) in [5, 5.41) is 10.4. The number of nitrogens with zero attached hydrogens (tertiary/aromatic N) is 1. The van der Waals surface area contributed by atoms with Gasteiger partial charge in [-0.1, -0.05) is 32.0 Å². The first-order chi connectivity index (χ1) is 9.49. The molecule has 112 valence electrons. The molecule has 4 unspecified atom stereocenters. The molecule has 0 saturated carbocycles. The van der Waals surface area contributed by atoms with E-state index in [0.717, 1.165) is 13.1 Å². The Labute approximate surface area is 121 Å². The molecule has 1 aliphatic rings. The predicted octanol–water partition coefficient (Wildman–Crippen LogP) is 3.62. The molecule has 1 heterocycles. The second-order valence-electron chi connectivity index (χ2n) is 6.43. The van der Waals surface area contributed by atoms with Gasteiger partial charge in [0.2, 0.25) is 0 Å². The Hall–Kier alpha value is -0.930. The molecule has 0 aliphatic carbocycles. The van der Waals surface area contributed by atoms with Gasteiger partial charge in [-0.2, -0.15) is 0 Å². The Bertz CT molecular complexity index is 437. The van der Waals surface area contributed by atoms with E-state index in [2.05, 4.69) is 18.7 Å². The maximum atomic E-state index is 13.7. The number of rotatable bonds is 4. The van der Waals surface area contributed by atoms with E-state index < -0.39 is 6.10 Å². The molecular formula is C17H26FNO. The number of hydrogen-bond acceptors (Lipinski definition) is 2. The lowest BCUT2D eigenvalue weighted by Gasteiger charge is -2.39. The highest BCUT2D eigenvalue weighted by Gasteiger charge is 2.27. The van der Waals surface area contributed by atoms with Gasteiger partial charge in [0.25, 0.3) is 0 Å². The summed E-state index contributed by atoms with van der Waals surface area (Å²) in [7, 11) is 0. The monoisotopic (exact) mass is 279 g/mol. The molecule has 2 rings (SSSR count). The fourth-order valence-electron chi connectivity index (χ4n) is 3.13. The molecule has 2 nitrogen and oxygen atoms in total. The van der Waals surface area contributed by atoms with Crippen molar-refractivity contribution in [1.82, 2.24) is 4.90 Å². The number of aliphatic hydroxyl groups excluding tert-OH is 1. The highest BCUT2D eigenvalue weighted by molar-refractivity contribution is 5.20. The van der Waals surface area contributed by atoms with Crippen LogP contribution in [0.15, 0.2) is 24.3 Å². The van der Waals surface area contributed by atoms with E-state index in [-0.39, 0.29) is 11.7 Å². The highest BCUT2D eigenvalue weighted by Crippen LogP contribution is 2.28. The Kier molecular flexibility index (Phi) is 5.17. The average molecular weight is 279 g/mol. The number of likely N-dealkylation sites (tertiary alicyclic amines) is 1. The van der Waals surface area contributed by atoms with Crippen molar-refractivity contribution in [1.29, 1.82) is 0 Å². The zero-order chi connectivity index (χ0) is 14.7. The minimum Gasteiger partial charge on any atom is -0.388 e. The molecule has 4 atom stereocenters. The van der Waals surface area contributed by atoms with E-state index in [1.165, 1.54) is 18.9 Å². The second-order valence-corrected chi connectivity index (χ2v) is 6.43. The lowest BCUT2D eigenvalue weighted by Crippen LogP contribution is -2.44. The molecule has 0 bridgehead atoms. The number of halogens is 1. The van der Waals surface area contributed by atoms with Crippen LogP contribution < -0.4 is 0 Å². The van der Waals surface area contributed by atoms with Crippen LogP contribution in [0.25, 0.3) is 0 Å². The van der Waals surface area contributed by atoms with Gasteiger partial charge in [0, 0.05) is 24.7 Å². The third kappa shape index (κ3) is 3.58. The first-order valence-electron chi connectivity index (χ1n) is 7.65. The molecule has 1 aromatic carbocycles. The zero-order valence-electron chi connectivity index (χ0n) is 12.7. The van der Waals surface area contributed by atoms with Crippen molar-refractivity contribution in [3.63, 3.8) is 0 Å². The Morgan fingerprint density at radius 3 is 2.70 bits per heavy atom. The van der Waals surface area contributed by atoms with Crippen LogP contribution in [0.5, 0.6) is 0 Å². The Balaban J connectivity index is 2.00. The number of piperidine rings is 1. The van der Waals surface area contributed by atoms with Crippen molar-refractivity contribution in [2.24, 2.45) is 11.8 Å². The molecule has 1 N–H and O–H groups in total. The van der Waals surface area contributed by atoms with E-state index in [1.807, 2.05) is 6.92 Å². The van der Waals surface area contributed by atoms with Gasteiger partial charge in [0.05, 0.1) is 6.10 Å². The topological polar surface area (TPSA) is 23.5 Å². The summed E-state index contributed by atoms with van der Waals surface area (Å²) in [5.41, 5.74) is 0.415. The van der Waals surface area contributed by atoms with E-state index in [1.54, 1.807) is 18.2 Å². The van der Waals surface area contributed by atoms with Gasteiger partial charge >= 0.3 is 0 Å². The molecule has 20 heavy (non-hydrogen) atoms. The Morgan fingerprint density at radius 2 is 2.00 bits per heavy atom. The van der Waals surface area contributed by atoms with E-state index in [0.29, 0.717) is 17.5 Å². The summed E-state index contributed by atoms with van der Waals surface area (Å²) in [6, 6.07) is 7.08. The zero-order valence-corrected chi connectivity index (χ0v) is 12.7. The fraction of sp³-hybridized carbons (Fsp3) is 0.647. The van der Waals surface area contributed by atoms with Crippen LogP contribution in [0.3, 0.4) is 0 Å². The summed E-state index contributed by atoms with van der Waals surface area (Å²) in [6.07, 6.45) is 1.76. The van der Waals surface area contributed by atoms with Crippen molar-refractivity contribution in [2.45, 2.75) is 45.8 Å². The highest BCUT2D eigenvalue weighted by atomic mass is 19.1. The molecule has 0 spiro atoms. The largest absolute Gasteiger partial charge is 0.388 e. The van der Waals surface area contributed by atoms with Gasteiger partial charge in [-0.3, -0.25) is 0 Å². The van der Waals surface area contributed by atoms with Gasteiger partial charge in [-0.15, -0.1) is 0 Å². The molecule has 1 saturated heterocycles. The molecule has 1 aliphatic heterocycles. The van der Waals surface area contributed by atoms with Gasteiger partial charge < -0.3 is 10.0 Å². The molecule has 0 aromatic heterocycles. The quantitative estimate of drug-likeness (QED) is 0.910. The van der Waals surface area contributed by atoms with Gasteiger partial charge in [-0.05, 0) is 37.7 Å². The van der Waals surface area contributed by atoms with Crippen molar-refractivity contribution in [2.75, 3.05) is 13.1 Å². The minimum absolute atomic E-state index is 0.0275. The molecule has 0 radical (unpaired) electrons. The number of hydrogen-bond donors (Lipinski definition) is 1. The van der Waals surface area contributed by atoms with Crippen LogP contribution >= 0.6 is 0 Å². The predicted molar refractivity (Wildman–Crippen MR) is 80.0 cm³/mol. The van der Waals surface area contributed by atoms with E-state index in [4.69, 9.17) is 0 Å². The molecular weight excluding hydrogens is 253 g/mol. The van der Waals surface area contributed by atoms with Gasteiger partial charge in [-0.25, -0.2) is 4.39 Å². The maximum absolute atomic E-state index is 13.7. The summed E-state index contributed by atoms with van der Waals surface area (Å²) in [6.45, 7) is 8.42. The van der Waals surface area contributed by atoms with Crippen LogP contribution in [0.4, 0.5) is 4.39 Å². The van der Waals surface area contributed by atoms with Crippen LogP contribution in [-0.2, 0) is 0 Å². The molecule has 0 amide bonds. The smallest absolute Gasteiger partial charge is 0.129 e. The minimum atomic E-state index is -0.736. The van der Waals surface area contributed by atoms with E-state index >= 15 is 0 Å². The molecule has 1 aromatic rings. The van der Waals surface area contributed by atoms with Crippen molar-refractivity contribution in [3.05, 3.63) is 35.6 Å². The summed E-state index contributed by atoms with van der Waals surface area (Å²) in [4.78, 5) is 2.43. The third-order valence-electron chi connectivity index (χ3n) is 4.53. The van der Waals surface area contributed by atoms with Crippen LogP contribution in [0, 0.1) is 17.7 Å². The van der Waals surface area contributed by atoms with Crippen molar-refractivity contribution in [3.8, 4) is 0 Å². The van der Waals surface area contributed by atoms with Gasteiger partial charge in [0.15, 0.2) is 0 Å². The van der Waals surface area contributed by atoms with Crippen LogP contribution in [0.1, 0.15) is 45.3 Å². The standard InChI is InChI=1S/C17H26FNO/c1-12-8-9-14(3)19(10-12)11-13(2)17(20)15-6-4-5-7-16(15)18/h4-7,12-14,17,20H,8-11H2,1-3H3. The number of aliphatic hydroxyl groups is 1. The van der Waals surface area contributed by atoms with Crippen LogP contribution in [0.2, 0.25) is 0 Å². The Morgan fingerprint density at radius 1 is 1.30 bits per heavy atom. The third-order valence-corrected chi connectivity index (χ3v) is 4.53. The molecule has 1 fully saturated rings. The van der Waals surface area contributed by atoms with Crippen LogP contribution in [-0.4, -0.2) is 29.1 Å². The summed E-state index contributed by atoms with van der Waals surface area (Å²) in [5.74, 6) is 0.426. The first kappa shape index (κ1) is 15.5. The summed E-state index contributed by atoms with van der Waals surface area (Å²) >= 11 is 0.